The van der Waals surface area contributed by atoms with Crippen molar-refractivity contribution in [3.8, 4) is 11.4 Å². The van der Waals surface area contributed by atoms with Gasteiger partial charge in [-0.3, -0.25) is 4.79 Å². The molecule has 0 radical (unpaired) electrons. The molecular weight excluding hydrogens is 212 g/mol. The van der Waals surface area contributed by atoms with Gasteiger partial charge in [-0.05, 0) is 24.8 Å². The van der Waals surface area contributed by atoms with Gasteiger partial charge in [0.05, 0.1) is 6.42 Å². The molecule has 0 aliphatic carbocycles. The number of hydrogen-bond acceptors (Lipinski definition) is 5. The summed E-state index contributed by atoms with van der Waals surface area (Å²) in [6, 6.07) is 0. The van der Waals surface area contributed by atoms with Crippen LogP contribution in [0.5, 0.6) is 0 Å². The smallest absolute Gasteiger partial charge is 0.234 e. The summed E-state index contributed by atoms with van der Waals surface area (Å²) in [5.74, 6) is 0.959. The highest BCUT2D eigenvalue weighted by molar-refractivity contribution is 7.08. The predicted octanol–water partition coefficient (Wildman–Crippen LogP) is 2.24. The van der Waals surface area contributed by atoms with Crippen LogP contribution >= 0.6 is 11.3 Å². The fourth-order valence-corrected chi connectivity index (χ4v) is 2.07. The van der Waals surface area contributed by atoms with E-state index in [0.717, 1.165) is 11.1 Å². The summed E-state index contributed by atoms with van der Waals surface area (Å²) in [6.45, 7) is 3.49. The van der Waals surface area contributed by atoms with E-state index in [9.17, 15) is 4.79 Å². The number of carbonyl (C=O) groups is 1. The third-order valence-electron chi connectivity index (χ3n) is 1.96. The highest BCUT2D eigenvalue weighted by atomic mass is 32.1. The maximum atomic E-state index is 10.9. The first-order chi connectivity index (χ1) is 7.16. The predicted molar refractivity (Wildman–Crippen MR) is 56.7 cm³/mol. The number of hydrogen-bond donors (Lipinski definition) is 0. The van der Waals surface area contributed by atoms with Crippen LogP contribution in [0, 0.1) is 6.92 Å². The van der Waals surface area contributed by atoms with Gasteiger partial charge in [0.15, 0.2) is 0 Å². The maximum absolute atomic E-state index is 10.9. The van der Waals surface area contributed by atoms with Crippen molar-refractivity contribution in [2.24, 2.45) is 0 Å². The molecule has 0 aliphatic heterocycles. The van der Waals surface area contributed by atoms with Crippen LogP contribution in [-0.4, -0.2) is 15.9 Å². The Labute approximate surface area is 90.9 Å². The molecule has 2 rings (SSSR count). The Morgan fingerprint density at radius 2 is 2.33 bits per heavy atom. The highest BCUT2D eigenvalue weighted by Crippen LogP contribution is 2.23. The molecule has 0 atom stereocenters. The van der Waals surface area contributed by atoms with Crippen molar-refractivity contribution in [1.82, 2.24) is 10.1 Å². The number of nitrogens with zero attached hydrogens (tertiary/aromatic N) is 2. The van der Waals surface area contributed by atoms with Crippen molar-refractivity contribution in [1.29, 1.82) is 0 Å². The molecule has 0 saturated heterocycles. The summed E-state index contributed by atoms with van der Waals surface area (Å²) in [5.41, 5.74) is 2.09. The van der Waals surface area contributed by atoms with E-state index in [2.05, 4.69) is 10.1 Å². The fourth-order valence-electron chi connectivity index (χ4n) is 1.24. The van der Waals surface area contributed by atoms with E-state index in [-0.39, 0.29) is 12.2 Å². The molecule has 0 fully saturated rings. The molecular formula is C10H10N2O2S. The van der Waals surface area contributed by atoms with Gasteiger partial charge in [0.25, 0.3) is 0 Å². The molecule has 0 saturated carbocycles. The number of Topliss-reactive ketones (excluding diaryl/α,β-unsaturated/α-hetero) is 1. The third kappa shape index (κ3) is 2.12. The Morgan fingerprint density at radius 3 is 2.93 bits per heavy atom. The van der Waals surface area contributed by atoms with Gasteiger partial charge >= 0.3 is 0 Å². The van der Waals surface area contributed by atoms with Crippen molar-refractivity contribution in [2.45, 2.75) is 20.3 Å². The molecule has 0 spiro atoms. The van der Waals surface area contributed by atoms with E-state index >= 15 is 0 Å². The van der Waals surface area contributed by atoms with Gasteiger partial charge < -0.3 is 4.52 Å². The molecule has 0 aromatic carbocycles. The zero-order valence-corrected chi connectivity index (χ0v) is 9.30. The first-order valence-electron chi connectivity index (χ1n) is 4.52. The Morgan fingerprint density at radius 1 is 1.53 bits per heavy atom. The number of carbonyl (C=O) groups excluding carboxylic acids is 1. The average molecular weight is 222 g/mol. The van der Waals surface area contributed by atoms with Crippen LogP contribution in [0.2, 0.25) is 0 Å². The van der Waals surface area contributed by atoms with Gasteiger partial charge in [-0.15, -0.1) is 0 Å². The first kappa shape index (κ1) is 10.0. The summed E-state index contributed by atoms with van der Waals surface area (Å²) in [7, 11) is 0. The van der Waals surface area contributed by atoms with E-state index in [0.29, 0.717) is 11.7 Å². The van der Waals surface area contributed by atoms with Gasteiger partial charge in [-0.2, -0.15) is 16.3 Å². The number of aryl methyl sites for hydroxylation is 1. The zero-order valence-electron chi connectivity index (χ0n) is 8.48. The molecule has 0 unspecified atom stereocenters. The standard InChI is InChI=1S/C10H10N2O2S/c1-6-4-15-5-8(6)10-11-9(14-12-10)3-7(2)13/h4-5H,3H2,1-2H3. The second-order valence-electron chi connectivity index (χ2n) is 3.36. The quantitative estimate of drug-likeness (QED) is 0.799. The molecule has 4 nitrogen and oxygen atoms in total. The van der Waals surface area contributed by atoms with Crippen molar-refractivity contribution < 1.29 is 9.32 Å². The summed E-state index contributed by atoms with van der Waals surface area (Å²) >= 11 is 1.60. The first-order valence-corrected chi connectivity index (χ1v) is 5.46. The molecule has 2 aromatic rings. The lowest BCUT2D eigenvalue weighted by Crippen LogP contribution is -1.95. The lowest BCUT2D eigenvalue weighted by Gasteiger charge is -1.88. The minimum Gasteiger partial charge on any atom is -0.339 e. The normalized spacial score (nSPS) is 10.5. The number of rotatable bonds is 3. The molecule has 0 amide bonds. The largest absolute Gasteiger partial charge is 0.339 e. The molecule has 15 heavy (non-hydrogen) atoms. The van der Waals surface area contributed by atoms with Crippen LogP contribution in [0.25, 0.3) is 11.4 Å². The van der Waals surface area contributed by atoms with Gasteiger partial charge in [-0.25, -0.2) is 0 Å². The van der Waals surface area contributed by atoms with Crippen LogP contribution in [0.3, 0.4) is 0 Å². The van der Waals surface area contributed by atoms with E-state index in [1.165, 1.54) is 6.92 Å². The van der Waals surface area contributed by atoms with Gasteiger partial charge in [0.2, 0.25) is 11.7 Å². The molecule has 2 heterocycles. The van der Waals surface area contributed by atoms with E-state index in [1.807, 2.05) is 17.7 Å². The molecule has 0 bridgehead atoms. The van der Waals surface area contributed by atoms with Crippen LogP contribution in [-0.2, 0) is 11.2 Å². The second-order valence-corrected chi connectivity index (χ2v) is 4.10. The molecule has 78 valence electrons. The van der Waals surface area contributed by atoms with E-state index < -0.39 is 0 Å². The minimum atomic E-state index is 0.0206. The van der Waals surface area contributed by atoms with Crippen LogP contribution in [0.4, 0.5) is 0 Å². The maximum Gasteiger partial charge on any atom is 0.234 e. The van der Waals surface area contributed by atoms with E-state index in [4.69, 9.17) is 4.52 Å². The number of aromatic nitrogens is 2. The van der Waals surface area contributed by atoms with Crippen LogP contribution in [0.15, 0.2) is 15.3 Å². The summed E-state index contributed by atoms with van der Waals surface area (Å²) in [6.07, 6.45) is 0.205. The molecule has 2 aromatic heterocycles. The Hall–Kier alpha value is -1.49. The van der Waals surface area contributed by atoms with Crippen molar-refractivity contribution in [3.63, 3.8) is 0 Å². The van der Waals surface area contributed by atoms with Crippen molar-refractivity contribution in [3.05, 3.63) is 22.2 Å². The van der Waals surface area contributed by atoms with Crippen LogP contribution < -0.4 is 0 Å². The Bertz CT molecular complexity index is 487. The van der Waals surface area contributed by atoms with Crippen LogP contribution in [0.1, 0.15) is 18.4 Å². The average Bonchev–Trinajstić information content (AvgIpc) is 2.72. The topological polar surface area (TPSA) is 56.0 Å². The lowest BCUT2D eigenvalue weighted by atomic mass is 10.2. The second kappa shape index (κ2) is 3.94. The van der Waals surface area contributed by atoms with Crippen molar-refractivity contribution >= 4 is 17.1 Å². The summed E-state index contributed by atoms with van der Waals surface area (Å²) < 4.78 is 4.98. The summed E-state index contributed by atoms with van der Waals surface area (Å²) in [5, 5.41) is 7.84. The van der Waals surface area contributed by atoms with E-state index in [1.54, 1.807) is 11.3 Å². The molecule has 0 N–H and O–H groups in total. The summed E-state index contributed by atoms with van der Waals surface area (Å²) in [4.78, 5) is 15.0. The Kier molecular flexibility index (Phi) is 2.64. The third-order valence-corrected chi connectivity index (χ3v) is 2.83. The zero-order chi connectivity index (χ0) is 10.8. The number of thiophene rings is 1. The molecule has 0 aliphatic rings. The SMILES string of the molecule is CC(=O)Cc1nc(-c2cscc2C)no1. The lowest BCUT2D eigenvalue weighted by molar-refractivity contribution is -0.116. The van der Waals surface area contributed by atoms with Crippen molar-refractivity contribution in [2.75, 3.05) is 0 Å². The Balaban J connectivity index is 2.28. The minimum absolute atomic E-state index is 0.0206. The van der Waals surface area contributed by atoms with Gasteiger partial charge in [0, 0.05) is 10.9 Å². The highest BCUT2D eigenvalue weighted by Gasteiger charge is 2.12. The monoisotopic (exact) mass is 222 g/mol. The fraction of sp³-hybridized carbons (Fsp3) is 0.300. The number of ketones is 1. The van der Waals surface area contributed by atoms with Gasteiger partial charge in [-0.1, -0.05) is 5.16 Å². The molecule has 5 heteroatoms. The van der Waals surface area contributed by atoms with Gasteiger partial charge in [0.1, 0.15) is 5.78 Å².